The van der Waals surface area contributed by atoms with Crippen LogP contribution in [0.4, 0.5) is 0 Å². The normalized spacial score (nSPS) is 14.5. The van der Waals surface area contributed by atoms with Crippen molar-refractivity contribution >= 4 is 31.9 Å². The van der Waals surface area contributed by atoms with Crippen LogP contribution < -0.4 is 0 Å². The number of hydrogen-bond acceptors (Lipinski definition) is 1. The molecule has 0 aliphatic rings. The summed E-state index contributed by atoms with van der Waals surface area (Å²) in [5.74, 6) is 0. The molecule has 116 valence electrons. The van der Waals surface area contributed by atoms with Crippen molar-refractivity contribution in [3.63, 3.8) is 0 Å². The number of unbranched alkanes of at least 4 members (excludes halogenated alkanes) is 1. The molecule has 4 heteroatoms. The number of alkyl halides is 1. The molecule has 1 heterocycles. The number of halogens is 2. The van der Waals surface area contributed by atoms with Gasteiger partial charge < -0.3 is 0 Å². The van der Waals surface area contributed by atoms with Gasteiger partial charge in [-0.3, -0.25) is 4.68 Å². The molecule has 2 nitrogen and oxygen atoms in total. The maximum atomic E-state index is 4.73. The quantitative estimate of drug-likeness (QED) is 0.476. The summed E-state index contributed by atoms with van der Waals surface area (Å²) in [6, 6.07) is 0. The van der Waals surface area contributed by atoms with E-state index in [-0.39, 0.29) is 0 Å². The fourth-order valence-corrected chi connectivity index (χ4v) is 4.27. The minimum Gasteiger partial charge on any atom is -0.268 e. The zero-order chi connectivity index (χ0) is 15.2. The summed E-state index contributed by atoms with van der Waals surface area (Å²) < 4.78 is 3.42. The fraction of sp³-hybridized carbons (Fsp3) is 0.812. The lowest BCUT2D eigenvalue weighted by molar-refractivity contribution is 0.276. The molecule has 1 unspecified atom stereocenters. The Morgan fingerprint density at radius 1 is 1.20 bits per heavy atom. The Kier molecular flexibility index (Phi) is 7.81. The lowest BCUT2D eigenvalue weighted by Crippen LogP contribution is -2.26. The van der Waals surface area contributed by atoms with Gasteiger partial charge in [-0.05, 0) is 54.0 Å². The van der Waals surface area contributed by atoms with Crippen molar-refractivity contribution in [2.75, 3.05) is 5.33 Å². The molecule has 0 spiro atoms. The average Bonchev–Trinajstić information content (AvgIpc) is 2.79. The van der Waals surface area contributed by atoms with Gasteiger partial charge in [-0.15, -0.1) is 0 Å². The highest BCUT2D eigenvalue weighted by molar-refractivity contribution is 9.10. The van der Waals surface area contributed by atoms with Crippen LogP contribution in [0.25, 0.3) is 0 Å². The SMILES string of the molecule is CCCCC(CC)(CBr)Cc1c(Br)c(CC)nn1CC. The van der Waals surface area contributed by atoms with Gasteiger partial charge in [0.15, 0.2) is 0 Å². The van der Waals surface area contributed by atoms with Gasteiger partial charge in [0.25, 0.3) is 0 Å². The molecule has 20 heavy (non-hydrogen) atoms. The van der Waals surface area contributed by atoms with E-state index in [1.54, 1.807) is 0 Å². The van der Waals surface area contributed by atoms with Crippen molar-refractivity contribution in [3.05, 3.63) is 15.9 Å². The summed E-state index contributed by atoms with van der Waals surface area (Å²) in [5, 5.41) is 5.80. The Labute approximate surface area is 141 Å². The molecular formula is C16H28Br2N2. The van der Waals surface area contributed by atoms with E-state index < -0.39 is 0 Å². The highest BCUT2D eigenvalue weighted by atomic mass is 79.9. The zero-order valence-corrected chi connectivity index (χ0v) is 16.5. The Balaban J connectivity index is 3.06. The lowest BCUT2D eigenvalue weighted by Gasteiger charge is -2.31. The summed E-state index contributed by atoms with van der Waals surface area (Å²) in [6.07, 6.45) is 7.16. The molecule has 0 aliphatic carbocycles. The molecule has 0 N–H and O–H groups in total. The maximum Gasteiger partial charge on any atom is 0.0766 e. The minimum atomic E-state index is 0.358. The highest BCUT2D eigenvalue weighted by Crippen LogP contribution is 2.37. The molecular weight excluding hydrogens is 380 g/mol. The second kappa shape index (κ2) is 8.57. The van der Waals surface area contributed by atoms with E-state index in [0.717, 1.165) is 24.7 Å². The van der Waals surface area contributed by atoms with Gasteiger partial charge in [-0.1, -0.05) is 49.5 Å². The van der Waals surface area contributed by atoms with Crippen LogP contribution in [0.3, 0.4) is 0 Å². The second-order valence-electron chi connectivity index (χ2n) is 5.64. The molecule has 1 atom stereocenters. The van der Waals surface area contributed by atoms with Crippen molar-refractivity contribution in [1.29, 1.82) is 0 Å². The van der Waals surface area contributed by atoms with Gasteiger partial charge in [0.05, 0.1) is 15.9 Å². The lowest BCUT2D eigenvalue weighted by atomic mass is 9.78. The molecule has 0 aliphatic heterocycles. The van der Waals surface area contributed by atoms with Gasteiger partial charge in [0.2, 0.25) is 0 Å². The monoisotopic (exact) mass is 406 g/mol. The number of aromatic nitrogens is 2. The van der Waals surface area contributed by atoms with Crippen LogP contribution in [-0.4, -0.2) is 15.1 Å². The van der Waals surface area contributed by atoms with Crippen molar-refractivity contribution in [1.82, 2.24) is 9.78 Å². The van der Waals surface area contributed by atoms with E-state index in [0.29, 0.717) is 5.41 Å². The summed E-state index contributed by atoms with van der Waals surface area (Å²) >= 11 is 7.55. The minimum absolute atomic E-state index is 0.358. The molecule has 0 bridgehead atoms. The van der Waals surface area contributed by atoms with Crippen molar-refractivity contribution in [2.45, 2.75) is 72.8 Å². The van der Waals surface area contributed by atoms with Gasteiger partial charge in [-0.25, -0.2) is 0 Å². The molecule has 0 amide bonds. The van der Waals surface area contributed by atoms with Gasteiger partial charge in [0.1, 0.15) is 0 Å². The molecule has 0 radical (unpaired) electrons. The highest BCUT2D eigenvalue weighted by Gasteiger charge is 2.30. The number of rotatable bonds is 9. The number of hydrogen-bond donors (Lipinski definition) is 0. The van der Waals surface area contributed by atoms with E-state index in [4.69, 9.17) is 5.10 Å². The van der Waals surface area contributed by atoms with Crippen LogP contribution in [0.1, 0.15) is 64.8 Å². The second-order valence-corrected chi connectivity index (χ2v) is 7.00. The summed E-state index contributed by atoms with van der Waals surface area (Å²) in [5.41, 5.74) is 2.93. The van der Waals surface area contributed by atoms with Crippen LogP contribution in [-0.2, 0) is 19.4 Å². The first kappa shape index (κ1) is 18.2. The van der Waals surface area contributed by atoms with E-state index in [1.165, 1.54) is 41.5 Å². The molecule has 1 aromatic heterocycles. The Bertz CT molecular complexity index is 409. The van der Waals surface area contributed by atoms with Crippen LogP contribution >= 0.6 is 31.9 Å². The largest absolute Gasteiger partial charge is 0.268 e. The van der Waals surface area contributed by atoms with Crippen LogP contribution in [0.5, 0.6) is 0 Å². The fourth-order valence-electron chi connectivity index (χ4n) is 2.69. The van der Waals surface area contributed by atoms with E-state index in [9.17, 15) is 0 Å². The molecule has 0 saturated carbocycles. The smallest absolute Gasteiger partial charge is 0.0766 e. The van der Waals surface area contributed by atoms with Crippen LogP contribution in [0.15, 0.2) is 4.47 Å². The van der Waals surface area contributed by atoms with E-state index in [2.05, 4.69) is 64.2 Å². The third-order valence-electron chi connectivity index (χ3n) is 4.33. The Morgan fingerprint density at radius 2 is 1.90 bits per heavy atom. The van der Waals surface area contributed by atoms with Crippen LogP contribution in [0, 0.1) is 5.41 Å². The Morgan fingerprint density at radius 3 is 2.35 bits per heavy atom. The molecule has 0 saturated heterocycles. The standard InChI is InChI=1S/C16H28Br2N2/c1-5-9-10-16(7-3,12-17)11-14-15(18)13(6-2)19-20(14)8-4/h5-12H2,1-4H3. The predicted molar refractivity (Wildman–Crippen MR) is 94.7 cm³/mol. The maximum absolute atomic E-state index is 4.73. The van der Waals surface area contributed by atoms with Crippen LogP contribution in [0.2, 0.25) is 0 Å². The van der Waals surface area contributed by atoms with Gasteiger partial charge >= 0.3 is 0 Å². The first-order chi connectivity index (χ1) is 9.57. The third kappa shape index (κ3) is 4.09. The topological polar surface area (TPSA) is 17.8 Å². The van der Waals surface area contributed by atoms with Crippen molar-refractivity contribution < 1.29 is 0 Å². The average molecular weight is 408 g/mol. The summed E-state index contributed by atoms with van der Waals surface area (Å²) in [6.45, 7) is 9.89. The number of aryl methyl sites for hydroxylation is 2. The zero-order valence-electron chi connectivity index (χ0n) is 13.3. The van der Waals surface area contributed by atoms with E-state index >= 15 is 0 Å². The van der Waals surface area contributed by atoms with E-state index in [1.807, 2.05) is 0 Å². The van der Waals surface area contributed by atoms with Gasteiger partial charge in [-0.2, -0.15) is 5.10 Å². The van der Waals surface area contributed by atoms with Gasteiger partial charge in [0, 0.05) is 11.9 Å². The first-order valence-corrected chi connectivity index (χ1v) is 9.78. The number of nitrogens with zero attached hydrogens (tertiary/aromatic N) is 2. The first-order valence-electron chi connectivity index (χ1n) is 7.87. The molecule has 1 aromatic rings. The molecule has 0 aromatic carbocycles. The van der Waals surface area contributed by atoms with Crippen molar-refractivity contribution in [3.8, 4) is 0 Å². The summed E-state index contributed by atoms with van der Waals surface area (Å²) in [7, 11) is 0. The molecule has 0 fully saturated rings. The third-order valence-corrected chi connectivity index (χ3v) is 6.44. The molecule has 1 rings (SSSR count). The Hall–Kier alpha value is 0.170. The summed E-state index contributed by atoms with van der Waals surface area (Å²) in [4.78, 5) is 0. The van der Waals surface area contributed by atoms with Crippen molar-refractivity contribution in [2.24, 2.45) is 5.41 Å². The predicted octanol–water partition coefficient (Wildman–Crippen LogP) is 5.75.